The first-order chi connectivity index (χ1) is 12.3. The summed E-state index contributed by atoms with van der Waals surface area (Å²) < 4.78 is 5.81. The summed E-state index contributed by atoms with van der Waals surface area (Å²) in [5.74, 6) is 1.44. The van der Waals surface area contributed by atoms with E-state index in [2.05, 4.69) is 25.8 Å². The molecule has 0 spiro atoms. The maximum absolute atomic E-state index is 12.2. The van der Waals surface area contributed by atoms with E-state index in [1.54, 1.807) is 0 Å². The normalized spacial score (nSPS) is 23.2. The van der Waals surface area contributed by atoms with E-state index in [9.17, 15) is 4.79 Å². The summed E-state index contributed by atoms with van der Waals surface area (Å²) in [4.78, 5) is 16.3. The predicted octanol–water partition coefficient (Wildman–Crippen LogP) is 2.23. The van der Waals surface area contributed by atoms with Crippen molar-refractivity contribution in [3.63, 3.8) is 0 Å². The zero-order valence-electron chi connectivity index (χ0n) is 14.1. The van der Waals surface area contributed by atoms with Gasteiger partial charge in [-0.2, -0.15) is 5.10 Å². The summed E-state index contributed by atoms with van der Waals surface area (Å²) in [6.07, 6.45) is 6.17. The molecule has 0 radical (unpaired) electrons. The lowest BCUT2D eigenvalue weighted by atomic mass is 10.0. The molecule has 2 atom stereocenters. The van der Waals surface area contributed by atoms with Crippen molar-refractivity contribution >= 4 is 6.03 Å². The van der Waals surface area contributed by atoms with E-state index in [0.29, 0.717) is 18.6 Å². The van der Waals surface area contributed by atoms with Gasteiger partial charge in [-0.05, 0) is 43.2 Å². The van der Waals surface area contributed by atoms with E-state index in [-0.39, 0.29) is 12.1 Å². The Balaban J connectivity index is 1.28. The molecule has 1 saturated heterocycles. The average molecular weight is 341 g/mol. The van der Waals surface area contributed by atoms with Crippen molar-refractivity contribution < 1.29 is 9.53 Å². The van der Waals surface area contributed by atoms with Gasteiger partial charge in [-0.1, -0.05) is 18.2 Å². The Kier molecular flexibility index (Phi) is 4.65. The van der Waals surface area contributed by atoms with Crippen LogP contribution in [0, 0.1) is 5.92 Å². The molecule has 0 bridgehead atoms. The van der Waals surface area contributed by atoms with Gasteiger partial charge in [0, 0.05) is 24.8 Å². The number of hydrogen-bond donors (Lipinski definition) is 3. The first-order valence-corrected chi connectivity index (χ1v) is 8.88. The first-order valence-electron chi connectivity index (χ1n) is 8.88. The average Bonchev–Trinajstić information content (AvgIpc) is 3.35. The summed E-state index contributed by atoms with van der Waals surface area (Å²) in [5, 5.41) is 12.7. The van der Waals surface area contributed by atoms with Gasteiger partial charge in [0.25, 0.3) is 0 Å². The second-order valence-electron chi connectivity index (χ2n) is 6.83. The van der Waals surface area contributed by atoms with Crippen LogP contribution in [0.1, 0.15) is 31.2 Å². The maximum atomic E-state index is 12.2. The fourth-order valence-electron chi connectivity index (χ4n) is 3.35. The fraction of sp³-hybridized carbons (Fsp3) is 0.500. The minimum absolute atomic E-state index is 0.119. The highest BCUT2D eigenvalue weighted by atomic mass is 16.5. The molecule has 1 aromatic carbocycles. The van der Waals surface area contributed by atoms with Crippen LogP contribution in [0.25, 0.3) is 11.4 Å². The monoisotopic (exact) mass is 341 g/mol. The minimum Gasteiger partial charge on any atom is -0.378 e. The van der Waals surface area contributed by atoms with Gasteiger partial charge in [-0.3, -0.25) is 5.10 Å². The Morgan fingerprint density at radius 2 is 2.24 bits per heavy atom. The van der Waals surface area contributed by atoms with Crippen LogP contribution in [0.3, 0.4) is 0 Å². The number of carbonyl (C=O) groups excluding carboxylic acids is 1. The van der Waals surface area contributed by atoms with Crippen LogP contribution in [-0.4, -0.2) is 40.0 Å². The highest BCUT2D eigenvalue weighted by molar-refractivity contribution is 5.74. The Bertz CT molecular complexity index is 714. The van der Waals surface area contributed by atoms with Crippen molar-refractivity contribution in [2.75, 3.05) is 6.61 Å². The molecule has 132 valence electrons. The number of rotatable bonds is 5. The number of hydrogen-bond acceptors (Lipinski definition) is 4. The van der Waals surface area contributed by atoms with Crippen molar-refractivity contribution in [3.05, 3.63) is 36.2 Å². The summed E-state index contributed by atoms with van der Waals surface area (Å²) >= 11 is 0. The van der Waals surface area contributed by atoms with Gasteiger partial charge in [-0.15, -0.1) is 0 Å². The third-order valence-electron chi connectivity index (χ3n) is 4.87. The minimum atomic E-state index is -0.119. The Morgan fingerprint density at radius 1 is 1.32 bits per heavy atom. The predicted molar refractivity (Wildman–Crippen MR) is 92.7 cm³/mol. The molecule has 2 amide bonds. The molecule has 1 aromatic heterocycles. The molecule has 25 heavy (non-hydrogen) atoms. The smallest absolute Gasteiger partial charge is 0.315 e. The molecular formula is C18H23N5O2. The third-order valence-corrected chi connectivity index (χ3v) is 4.87. The second-order valence-corrected chi connectivity index (χ2v) is 6.83. The van der Waals surface area contributed by atoms with E-state index in [0.717, 1.165) is 36.4 Å². The van der Waals surface area contributed by atoms with Gasteiger partial charge >= 0.3 is 6.03 Å². The number of benzene rings is 1. The lowest BCUT2D eigenvalue weighted by Gasteiger charge is -2.30. The lowest BCUT2D eigenvalue weighted by molar-refractivity contribution is -0.00914. The third kappa shape index (κ3) is 4.17. The molecule has 3 N–H and O–H groups in total. The number of nitrogens with zero attached hydrogens (tertiary/aromatic N) is 2. The van der Waals surface area contributed by atoms with E-state index in [4.69, 9.17) is 4.74 Å². The van der Waals surface area contributed by atoms with E-state index in [1.807, 2.05) is 24.3 Å². The summed E-state index contributed by atoms with van der Waals surface area (Å²) in [6, 6.07) is 7.98. The van der Waals surface area contributed by atoms with Gasteiger partial charge in [0.2, 0.25) is 0 Å². The van der Waals surface area contributed by atoms with Gasteiger partial charge < -0.3 is 15.4 Å². The number of aromatic nitrogens is 3. The van der Waals surface area contributed by atoms with Crippen LogP contribution in [0.15, 0.2) is 30.6 Å². The molecule has 1 aliphatic carbocycles. The fourth-order valence-corrected chi connectivity index (χ4v) is 3.35. The van der Waals surface area contributed by atoms with Crippen LogP contribution in [0.5, 0.6) is 0 Å². The van der Waals surface area contributed by atoms with Crippen molar-refractivity contribution in [1.29, 1.82) is 0 Å². The van der Waals surface area contributed by atoms with E-state index >= 15 is 0 Å². The number of carbonyl (C=O) groups is 1. The summed E-state index contributed by atoms with van der Waals surface area (Å²) in [6.45, 7) is 1.22. The van der Waals surface area contributed by atoms with E-state index < -0.39 is 0 Å². The Hall–Kier alpha value is -2.41. The van der Waals surface area contributed by atoms with Crippen molar-refractivity contribution in [2.45, 2.75) is 44.4 Å². The van der Waals surface area contributed by atoms with Crippen molar-refractivity contribution in [1.82, 2.24) is 25.8 Å². The lowest BCUT2D eigenvalue weighted by Crippen LogP contribution is -2.46. The van der Waals surface area contributed by atoms with Gasteiger partial charge in [0.15, 0.2) is 5.82 Å². The molecule has 2 fully saturated rings. The summed E-state index contributed by atoms with van der Waals surface area (Å²) in [7, 11) is 0. The molecule has 7 nitrogen and oxygen atoms in total. The van der Waals surface area contributed by atoms with Gasteiger partial charge in [0.05, 0.1) is 6.10 Å². The molecule has 4 rings (SSSR count). The Morgan fingerprint density at radius 3 is 3.04 bits per heavy atom. The van der Waals surface area contributed by atoms with Gasteiger partial charge in [-0.25, -0.2) is 9.78 Å². The number of H-pyrrole nitrogens is 1. The second kappa shape index (κ2) is 7.23. The van der Waals surface area contributed by atoms with E-state index in [1.165, 1.54) is 19.2 Å². The highest BCUT2D eigenvalue weighted by Gasteiger charge is 2.36. The van der Waals surface area contributed by atoms with Gasteiger partial charge in [0.1, 0.15) is 6.33 Å². The molecule has 0 unspecified atom stereocenters. The standard InChI is InChI=1S/C18H23N5O2/c24-18(22-15-6-7-25-16(9-15)13-4-5-13)19-10-12-2-1-3-14(8-12)17-20-11-21-23-17/h1-3,8,11,13,15-16H,4-7,9-10H2,(H2,19,22,24)(H,20,21,23)/t15-,16+/m1/s1. The molecule has 2 aliphatic rings. The zero-order chi connectivity index (χ0) is 17.1. The zero-order valence-corrected chi connectivity index (χ0v) is 14.1. The van der Waals surface area contributed by atoms with Crippen LogP contribution in [0.2, 0.25) is 0 Å². The quantitative estimate of drug-likeness (QED) is 0.778. The van der Waals surface area contributed by atoms with Crippen molar-refractivity contribution in [3.8, 4) is 11.4 Å². The summed E-state index contributed by atoms with van der Waals surface area (Å²) in [5.41, 5.74) is 1.97. The number of urea groups is 1. The van der Waals surface area contributed by atoms with Crippen LogP contribution in [-0.2, 0) is 11.3 Å². The number of ether oxygens (including phenoxy) is 1. The van der Waals surface area contributed by atoms with Crippen LogP contribution >= 0.6 is 0 Å². The molecular weight excluding hydrogens is 318 g/mol. The first kappa shape index (κ1) is 16.1. The Labute approximate surface area is 146 Å². The van der Waals surface area contributed by atoms with Crippen molar-refractivity contribution in [2.24, 2.45) is 5.92 Å². The molecule has 1 aliphatic heterocycles. The topological polar surface area (TPSA) is 91.9 Å². The largest absolute Gasteiger partial charge is 0.378 e. The number of aromatic amines is 1. The number of amides is 2. The molecule has 2 aromatic rings. The highest BCUT2D eigenvalue weighted by Crippen LogP contribution is 2.38. The maximum Gasteiger partial charge on any atom is 0.315 e. The SMILES string of the molecule is O=C(NCc1cccc(-c2ncn[nH]2)c1)N[C@@H]1CCO[C@H](C2CC2)C1. The van der Waals surface area contributed by atoms with Crippen LogP contribution in [0.4, 0.5) is 4.79 Å². The molecule has 7 heteroatoms. The molecule has 2 heterocycles. The van der Waals surface area contributed by atoms with Crippen LogP contribution < -0.4 is 10.6 Å². The number of nitrogens with one attached hydrogen (secondary N) is 3. The molecule has 1 saturated carbocycles.